The summed E-state index contributed by atoms with van der Waals surface area (Å²) in [4.78, 5) is 0. The normalized spacial score (nSPS) is 15.3. The van der Waals surface area contributed by atoms with Gasteiger partial charge in [-0.25, -0.2) is 0 Å². The Morgan fingerprint density at radius 1 is 1.33 bits per heavy atom. The van der Waals surface area contributed by atoms with Gasteiger partial charge in [0, 0.05) is 6.61 Å². The van der Waals surface area contributed by atoms with Crippen LogP contribution >= 0.6 is 0 Å². The third-order valence-corrected chi connectivity index (χ3v) is 1.88. The molecular weight excluding hydrogens is 148 g/mol. The van der Waals surface area contributed by atoms with E-state index >= 15 is 0 Å². The minimum Gasteiger partial charge on any atom is -0.396 e. The summed E-state index contributed by atoms with van der Waals surface area (Å²) in [5.41, 5.74) is 1.45. The molecule has 0 amide bonds. The fourth-order valence-corrected chi connectivity index (χ4v) is 1.48. The Morgan fingerprint density at radius 3 is 2.33 bits per heavy atom. The second kappa shape index (κ2) is 6.24. The van der Waals surface area contributed by atoms with Crippen LogP contribution in [-0.4, -0.2) is 11.7 Å². The van der Waals surface area contributed by atoms with Crippen molar-refractivity contribution in [3.63, 3.8) is 0 Å². The first-order valence-electron chi connectivity index (χ1n) is 4.84. The lowest BCUT2D eigenvalue weighted by Crippen LogP contribution is -1.96. The van der Waals surface area contributed by atoms with Gasteiger partial charge < -0.3 is 5.11 Å². The summed E-state index contributed by atoms with van der Waals surface area (Å²) in [5.74, 6) is 1.26. The first-order valence-corrected chi connectivity index (χ1v) is 4.84. The van der Waals surface area contributed by atoms with E-state index in [4.69, 9.17) is 5.11 Å². The van der Waals surface area contributed by atoms with Gasteiger partial charge in [-0.15, -0.1) is 0 Å². The van der Waals surface area contributed by atoms with Crippen LogP contribution in [0.15, 0.2) is 11.6 Å². The van der Waals surface area contributed by atoms with Crippen molar-refractivity contribution < 1.29 is 5.11 Å². The molecule has 0 aromatic rings. The standard InChI is InChI=1S/C11H22O/c1-9(2)7-11(4)8-10(3)5-6-12/h8-10,12H,5-7H2,1-4H3. The highest BCUT2D eigenvalue weighted by Crippen LogP contribution is 2.13. The van der Waals surface area contributed by atoms with Crippen molar-refractivity contribution in [2.45, 2.75) is 40.5 Å². The minimum absolute atomic E-state index is 0.298. The number of aliphatic hydroxyl groups is 1. The maximum absolute atomic E-state index is 8.70. The first-order chi connectivity index (χ1) is 5.56. The third-order valence-electron chi connectivity index (χ3n) is 1.88. The van der Waals surface area contributed by atoms with E-state index in [1.54, 1.807) is 0 Å². The van der Waals surface area contributed by atoms with Gasteiger partial charge in [-0.2, -0.15) is 0 Å². The van der Waals surface area contributed by atoms with E-state index in [0.29, 0.717) is 12.5 Å². The van der Waals surface area contributed by atoms with Gasteiger partial charge in [0.15, 0.2) is 0 Å². The van der Waals surface area contributed by atoms with Crippen LogP contribution in [0.5, 0.6) is 0 Å². The first kappa shape index (κ1) is 11.7. The van der Waals surface area contributed by atoms with Crippen molar-refractivity contribution in [3.05, 3.63) is 11.6 Å². The highest BCUT2D eigenvalue weighted by molar-refractivity contribution is 5.00. The van der Waals surface area contributed by atoms with Crippen LogP contribution in [0.4, 0.5) is 0 Å². The lowest BCUT2D eigenvalue weighted by atomic mass is 9.99. The van der Waals surface area contributed by atoms with Crippen molar-refractivity contribution in [3.8, 4) is 0 Å². The molecule has 0 aliphatic heterocycles. The predicted octanol–water partition coefficient (Wildman–Crippen LogP) is 3.00. The molecule has 12 heavy (non-hydrogen) atoms. The summed E-state index contributed by atoms with van der Waals surface area (Å²) < 4.78 is 0. The molecule has 0 aromatic carbocycles. The molecule has 0 aliphatic carbocycles. The molecule has 1 unspecified atom stereocenters. The fourth-order valence-electron chi connectivity index (χ4n) is 1.48. The minimum atomic E-state index is 0.298. The monoisotopic (exact) mass is 170 g/mol. The van der Waals surface area contributed by atoms with E-state index < -0.39 is 0 Å². The molecule has 0 rings (SSSR count). The summed E-state index contributed by atoms with van der Waals surface area (Å²) in [5, 5.41) is 8.70. The van der Waals surface area contributed by atoms with Crippen molar-refractivity contribution in [1.82, 2.24) is 0 Å². The highest BCUT2D eigenvalue weighted by atomic mass is 16.2. The fraction of sp³-hybridized carbons (Fsp3) is 0.818. The molecular formula is C11H22O. The second-order valence-corrected chi connectivity index (χ2v) is 4.10. The van der Waals surface area contributed by atoms with Crippen LogP contribution < -0.4 is 0 Å². The predicted molar refractivity (Wildman–Crippen MR) is 54.1 cm³/mol. The summed E-state index contributed by atoms with van der Waals surface area (Å²) in [7, 11) is 0. The number of rotatable bonds is 5. The molecule has 0 heterocycles. The van der Waals surface area contributed by atoms with Crippen LogP contribution in [0.25, 0.3) is 0 Å². The molecule has 1 atom stereocenters. The van der Waals surface area contributed by atoms with Gasteiger partial charge in [-0.3, -0.25) is 0 Å². The van der Waals surface area contributed by atoms with Crippen LogP contribution in [0.1, 0.15) is 40.5 Å². The Labute approximate surface area is 76.5 Å². The summed E-state index contributed by atoms with van der Waals surface area (Å²) >= 11 is 0. The summed E-state index contributed by atoms with van der Waals surface area (Å²) in [6, 6.07) is 0. The molecule has 0 aliphatic rings. The van der Waals surface area contributed by atoms with Gasteiger partial charge in [-0.1, -0.05) is 32.4 Å². The van der Waals surface area contributed by atoms with E-state index in [9.17, 15) is 0 Å². The Morgan fingerprint density at radius 2 is 1.92 bits per heavy atom. The Hall–Kier alpha value is -0.300. The van der Waals surface area contributed by atoms with Gasteiger partial charge in [0.1, 0.15) is 0 Å². The van der Waals surface area contributed by atoms with E-state index in [1.165, 1.54) is 12.0 Å². The lowest BCUT2D eigenvalue weighted by molar-refractivity contribution is 0.274. The number of hydrogen-bond acceptors (Lipinski definition) is 1. The smallest absolute Gasteiger partial charge is 0.0436 e. The van der Waals surface area contributed by atoms with E-state index in [2.05, 4.69) is 33.8 Å². The Bertz CT molecular complexity index is 136. The molecule has 0 bridgehead atoms. The van der Waals surface area contributed by atoms with Crippen LogP contribution in [0, 0.1) is 11.8 Å². The molecule has 1 nitrogen and oxygen atoms in total. The third kappa shape index (κ3) is 6.41. The van der Waals surface area contributed by atoms with Crippen molar-refractivity contribution in [2.75, 3.05) is 6.61 Å². The highest BCUT2D eigenvalue weighted by Gasteiger charge is 1.99. The Kier molecular flexibility index (Phi) is 6.09. The average molecular weight is 170 g/mol. The summed E-state index contributed by atoms with van der Waals surface area (Å²) in [6.45, 7) is 9.09. The lowest BCUT2D eigenvalue weighted by Gasteiger charge is -2.08. The van der Waals surface area contributed by atoms with Gasteiger partial charge in [-0.05, 0) is 31.6 Å². The molecule has 0 radical (unpaired) electrons. The number of aliphatic hydroxyl groups excluding tert-OH is 1. The van der Waals surface area contributed by atoms with Gasteiger partial charge in [0.2, 0.25) is 0 Å². The van der Waals surface area contributed by atoms with Gasteiger partial charge in [0.05, 0.1) is 0 Å². The average Bonchev–Trinajstić information content (AvgIpc) is 1.84. The number of allylic oxidation sites excluding steroid dienone is 2. The van der Waals surface area contributed by atoms with Crippen molar-refractivity contribution >= 4 is 0 Å². The maximum atomic E-state index is 8.70. The molecule has 0 aromatic heterocycles. The van der Waals surface area contributed by atoms with E-state index in [0.717, 1.165) is 12.3 Å². The zero-order chi connectivity index (χ0) is 9.56. The molecule has 1 heteroatoms. The van der Waals surface area contributed by atoms with Gasteiger partial charge in [0.25, 0.3) is 0 Å². The SMILES string of the molecule is CC(=CC(C)CCO)CC(C)C. The molecule has 72 valence electrons. The van der Waals surface area contributed by atoms with Crippen molar-refractivity contribution in [1.29, 1.82) is 0 Å². The maximum Gasteiger partial charge on any atom is 0.0436 e. The zero-order valence-electron chi connectivity index (χ0n) is 8.80. The molecule has 0 saturated heterocycles. The molecule has 1 N–H and O–H groups in total. The zero-order valence-corrected chi connectivity index (χ0v) is 8.80. The van der Waals surface area contributed by atoms with Crippen LogP contribution in [0.2, 0.25) is 0 Å². The van der Waals surface area contributed by atoms with Crippen molar-refractivity contribution in [2.24, 2.45) is 11.8 Å². The van der Waals surface area contributed by atoms with E-state index in [-0.39, 0.29) is 0 Å². The van der Waals surface area contributed by atoms with Crippen LogP contribution in [-0.2, 0) is 0 Å². The quantitative estimate of drug-likeness (QED) is 0.629. The molecule has 0 saturated carbocycles. The molecule has 0 spiro atoms. The molecule has 0 fully saturated rings. The van der Waals surface area contributed by atoms with E-state index in [1.807, 2.05) is 0 Å². The number of hydrogen-bond donors (Lipinski definition) is 1. The van der Waals surface area contributed by atoms with Crippen LogP contribution in [0.3, 0.4) is 0 Å². The van der Waals surface area contributed by atoms with Gasteiger partial charge >= 0.3 is 0 Å². The Balaban J connectivity index is 3.80. The topological polar surface area (TPSA) is 20.2 Å². The summed E-state index contributed by atoms with van der Waals surface area (Å²) in [6.07, 6.45) is 4.33. The second-order valence-electron chi connectivity index (χ2n) is 4.10. The largest absolute Gasteiger partial charge is 0.396 e.